The molecule has 3 nitrogen and oxygen atoms in total. The number of aromatic nitrogens is 1. The molecule has 0 unspecified atom stereocenters. The lowest BCUT2D eigenvalue weighted by Crippen LogP contribution is -2.04. The summed E-state index contributed by atoms with van der Waals surface area (Å²) in [4.78, 5) is 4.56. The number of thiazole rings is 1. The highest BCUT2D eigenvalue weighted by Gasteiger charge is 2.15. The van der Waals surface area contributed by atoms with Crippen molar-refractivity contribution >= 4 is 39.3 Å². The zero-order chi connectivity index (χ0) is 17.1. The quantitative estimate of drug-likeness (QED) is 0.468. The van der Waals surface area contributed by atoms with E-state index in [1.807, 2.05) is 48.0 Å². The third-order valence-electron chi connectivity index (χ3n) is 4.15. The largest absolute Gasteiger partial charge is 0.253 e. The number of hydrogen-bond donors (Lipinski definition) is 1. The second-order valence-corrected chi connectivity index (χ2v) is 7.01. The van der Waals surface area contributed by atoms with Crippen molar-refractivity contribution in [2.24, 2.45) is 5.10 Å². The number of hydrogen-bond acceptors (Lipinski definition) is 4. The smallest absolute Gasteiger partial charge is 0.203 e. The van der Waals surface area contributed by atoms with Crippen molar-refractivity contribution in [2.75, 3.05) is 5.43 Å². The van der Waals surface area contributed by atoms with Crippen LogP contribution in [-0.4, -0.2) is 11.2 Å². The Morgan fingerprint density at radius 3 is 2.72 bits per heavy atom. The van der Waals surface area contributed by atoms with E-state index < -0.39 is 0 Å². The minimum atomic E-state index is 0.767. The molecule has 1 aliphatic carbocycles. The van der Waals surface area contributed by atoms with E-state index in [9.17, 15) is 0 Å². The number of fused-ring (bicyclic) bond motifs is 1. The molecule has 25 heavy (non-hydrogen) atoms. The zero-order valence-corrected chi connectivity index (χ0v) is 15.0. The van der Waals surface area contributed by atoms with Crippen LogP contribution in [0.25, 0.3) is 16.3 Å². The molecular weight excluding hydrogens is 350 g/mol. The molecule has 0 fully saturated rings. The second kappa shape index (κ2) is 7.21. The molecule has 1 aromatic heterocycles. The van der Waals surface area contributed by atoms with Crippen LogP contribution in [0.2, 0.25) is 0 Å². The Kier molecular flexibility index (Phi) is 4.63. The highest BCUT2D eigenvalue weighted by molar-refractivity contribution is 7.14. The predicted octanol–water partition coefficient (Wildman–Crippen LogP) is 5.80. The summed E-state index contributed by atoms with van der Waals surface area (Å²) in [6.45, 7) is 0. The van der Waals surface area contributed by atoms with E-state index in [1.165, 1.54) is 16.9 Å². The van der Waals surface area contributed by atoms with Crippen molar-refractivity contribution < 1.29 is 0 Å². The highest BCUT2D eigenvalue weighted by Crippen LogP contribution is 2.33. The van der Waals surface area contributed by atoms with Crippen LogP contribution in [0.15, 0.2) is 70.7 Å². The van der Waals surface area contributed by atoms with Crippen LogP contribution >= 0.6 is 22.9 Å². The van der Waals surface area contributed by atoms with Crippen molar-refractivity contribution in [3.05, 3.63) is 76.7 Å². The van der Waals surface area contributed by atoms with Crippen LogP contribution in [0.5, 0.6) is 0 Å². The number of nitrogens with one attached hydrogen (secondary N) is 1. The molecule has 1 N–H and O–H groups in total. The van der Waals surface area contributed by atoms with Crippen LogP contribution in [0.1, 0.15) is 17.5 Å². The molecule has 5 heteroatoms. The number of benzene rings is 2. The van der Waals surface area contributed by atoms with Gasteiger partial charge in [-0.05, 0) is 29.5 Å². The third kappa shape index (κ3) is 3.50. The molecular formula is C20H16ClN3S. The number of aryl methyl sites for hydroxylation is 1. The molecule has 0 saturated carbocycles. The van der Waals surface area contributed by atoms with Gasteiger partial charge in [0.15, 0.2) is 0 Å². The molecule has 0 radical (unpaired) electrons. The first kappa shape index (κ1) is 16.1. The summed E-state index contributed by atoms with van der Waals surface area (Å²) in [5.41, 5.74) is 8.52. The lowest BCUT2D eigenvalue weighted by Gasteiger charge is -2.17. The van der Waals surface area contributed by atoms with E-state index in [2.05, 4.69) is 33.7 Å². The Balaban J connectivity index is 1.48. The van der Waals surface area contributed by atoms with Gasteiger partial charge in [0, 0.05) is 10.9 Å². The van der Waals surface area contributed by atoms with Gasteiger partial charge in [-0.3, -0.25) is 5.43 Å². The minimum Gasteiger partial charge on any atom is -0.253 e. The fourth-order valence-corrected chi connectivity index (χ4v) is 3.85. The third-order valence-corrected chi connectivity index (χ3v) is 5.35. The van der Waals surface area contributed by atoms with Crippen molar-refractivity contribution in [3.63, 3.8) is 0 Å². The number of anilines is 1. The highest BCUT2D eigenvalue weighted by atomic mass is 35.5. The van der Waals surface area contributed by atoms with Crippen LogP contribution < -0.4 is 5.43 Å². The summed E-state index contributed by atoms with van der Waals surface area (Å²) >= 11 is 8.06. The van der Waals surface area contributed by atoms with Crippen LogP contribution in [0, 0.1) is 0 Å². The topological polar surface area (TPSA) is 37.3 Å². The summed E-state index contributed by atoms with van der Waals surface area (Å²) in [6.07, 6.45) is 3.69. The number of nitrogens with zero attached hydrogens (tertiary/aromatic N) is 2. The Morgan fingerprint density at radius 1 is 1.04 bits per heavy atom. The first-order valence-corrected chi connectivity index (χ1v) is 9.34. The molecule has 3 aromatic rings. The van der Waals surface area contributed by atoms with Gasteiger partial charge in [0.1, 0.15) is 0 Å². The van der Waals surface area contributed by atoms with Gasteiger partial charge in [-0.1, -0.05) is 66.2 Å². The molecule has 0 amide bonds. The minimum absolute atomic E-state index is 0.767. The standard InChI is InChI=1S/C20H16ClN3S/c21-19-16(11-10-14-6-4-5-9-17(14)19)12-22-24-20-23-18(13-25-20)15-7-2-1-3-8-15/h1-9,12-13H,10-11H2,(H,23,24)/b22-12+. The number of hydrazone groups is 1. The van der Waals surface area contributed by atoms with E-state index in [-0.39, 0.29) is 0 Å². The average molecular weight is 366 g/mol. The lowest BCUT2D eigenvalue weighted by molar-refractivity contribution is 0.960. The Hall–Kier alpha value is -2.43. The van der Waals surface area contributed by atoms with Gasteiger partial charge in [-0.2, -0.15) is 5.10 Å². The van der Waals surface area contributed by atoms with Gasteiger partial charge in [0.05, 0.1) is 16.9 Å². The maximum Gasteiger partial charge on any atom is 0.203 e. The van der Waals surface area contributed by atoms with Crippen LogP contribution in [0.3, 0.4) is 0 Å². The van der Waals surface area contributed by atoms with E-state index in [1.54, 1.807) is 0 Å². The molecule has 4 rings (SSSR count). The van der Waals surface area contributed by atoms with Crippen molar-refractivity contribution in [1.82, 2.24) is 4.98 Å². The molecule has 0 saturated heterocycles. The number of rotatable bonds is 4. The summed E-state index contributed by atoms with van der Waals surface area (Å²) in [7, 11) is 0. The SMILES string of the molecule is ClC1=C(/C=N/Nc2nc(-c3ccccc3)cs2)CCc2ccccc21. The van der Waals surface area contributed by atoms with E-state index >= 15 is 0 Å². The maximum absolute atomic E-state index is 6.53. The molecule has 1 heterocycles. The van der Waals surface area contributed by atoms with Crippen molar-refractivity contribution in [2.45, 2.75) is 12.8 Å². The fourth-order valence-electron chi connectivity index (χ4n) is 2.86. The average Bonchev–Trinajstić information content (AvgIpc) is 3.13. The first-order valence-electron chi connectivity index (χ1n) is 8.08. The van der Waals surface area contributed by atoms with Gasteiger partial charge in [-0.25, -0.2) is 4.98 Å². The Labute approximate surface area is 155 Å². The van der Waals surface area contributed by atoms with Gasteiger partial charge < -0.3 is 0 Å². The summed E-state index contributed by atoms with van der Waals surface area (Å²) in [5, 5.41) is 7.91. The number of halogens is 1. The molecule has 0 spiro atoms. The maximum atomic E-state index is 6.53. The van der Waals surface area contributed by atoms with E-state index in [4.69, 9.17) is 11.6 Å². The summed E-state index contributed by atoms with van der Waals surface area (Å²) < 4.78 is 0. The van der Waals surface area contributed by atoms with Gasteiger partial charge in [0.25, 0.3) is 0 Å². The zero-order valence-electron chi connectivity index (χ0n) is 13.4. The van der Waals surface area contributed by atoms with Crippen molar-refractivity contribution in [3.8, 4) is 11.3 Å². The first-order chi connectivity index (χ1) is 12.3. The van der Waals surface area contributed by atoms with Gasteiger partial charge in [-0.15, -0.1) is 11.3 Å². The summed E-state index contributed by atoms with van der Waals surface area (Å²) in [6, 6.07) is 18.4. The molecule has 0 bridgehead atoms. The van der Waals surface area contributed by atoms with Gasteiger partial charge >= 0.3 is 0 Å². The fraction of sp³-hybridized carbons (Fsp3) is 0.100. The van der Waals surface area contributed by atoms with E-state index in [0.29, 0.717) is 0 Å². The van der Waals surface area contributed by atoms with Gasteiger partial charge in [0.2, 0.25) is 5.13 Å². The summed E-state index contributed by atoms with van der Waals surface area (Å²) in [5.74, 6) is 0. The predicted molar refractivity (Wildman–Crippen MR) is 107 cm³/mol. The molecule has 2 aromatic carbocycles. The molecule has 0 atom stereocenters. The lowest BCUT2D eigenvalue weighted by atomic mass is 9.92. The normalized spacial score (nSPS) is 14.0. The van der Waals surface area contributed by atoms with Crippen LogP contribution in [-0.2, 0) is 6.42 Å². The van der Waals surface area contributed by atoms with Crippen LogP contribution in [0.4, 0.5) is 5.13 Å². The van der Waals surface area contributed by atoms with E-state index in [0.717, 1.165) is 45.4 Å². The Morgan fingerprint density at radius 2 is 1.84 bits per heavy atom. The molecule has 0 aliphatic heterocycles. The molecule has 124 valence electrons. The second-order valence-electron chi connectivity index (χ2n) is 5.77. The monoisotopic (exact) mass is 365 g/mol. The number of allylic oxidation sites excluding steroid dienone is 1. The van der Waals surface area contributed by atoms with Crippen molar-refractivity contribution in [1.29, 1.82) is 0 Å². The Bertz CT molecular complexity index is 944. The molecule has 1 aliphatic rings.